The maximum atomic E-state index is 11.6. The Kier molecular flexibility index (Phi) is 4.95. The zero-order valence-electron chi connectivity index (χ0n) is 10.1. The third-order valence-corrected chi connectivity index (χ3v) is 2.21. The maximum absolute atomic E-state index is 11.6. The molecule has 102 valence electrons. The Morgan fingerprint density at radius 3 is 2.53 bits per heavy atom. The number of nitro benzene ring substituents is 1. The summed E-state index contributed by atoms with van der Waals surface area (Å²) in [4.78, 5) is 33.0. The van der Waals surface area contributed by atoms with E-state index < -0.39 is 22.5 Å². The summed E-state index contributed by atoms with van der Waals surface area (Å²) in [6.45, 7) is -0.250. The van der Waals surface area contributed by atoms with Crippen molar-refractivity contribution >= 4 is 17.6 Å². The lowest BCUT2D eigenvalue weighted by Crippen LogP contribution is -2.26. The standard InChI is InChI=1S/C11H12N2O6/c1-19-11(16)8-4-7(10(15)12-2-3-14)5-9(6-8)13(17)18/h4-6,14H,2-3H2,1H3,(H,12,15). The van der Waals surface area contributed by atoms with E-state index >= 15 is 0 Å². The van der Waals surface area contributed by atoms with E-state index in [-0.39, 0.29) is 24.3 Å². The largest absolute Gasteiger partial charge is 0.465 e. The van der Waals surface area contributed by atoms with Crippen molar-refractivity contribution in [1.82, 2.24) is 5.32 Å². The average Bonchev–Trinajstić information content (AvgIpc) is 2.43. The first-order chi connectivity index (χ1) is 8.99. The fourth-order valence-corrected chi connectivity index (χ4v) is 1.35. The molecule has 1 rings (SSSR count). The van der Waals surface area contributed by atoms with Crippen LogP contribution in [0.5, 0.6) is 0 Å². The van der Waals surface area contributed by atoms with Crippen LogP contribution in [0.25, 0.3) is 0 Å². The first kappa shape index (κ1) is 14.6. The minimum absolute atomic E-state index is 0.00901. The molecule has 0 heterocycles. The molecule has 8 nitrogen and oxygen atoms in total. The summed E-state index contributed by atoms with van der Waals surface area (Å²) in [7, 11) is 1.13. The van der Waals surface area contributed by atoms with Gasteiger partial charge in [-0.15, -0.1) is 0 Å². The summed E-state index contributed by atoms with van der Waals surface area (Å²) in [6, 6.07) is 3.25. The Bertz CT molecular complexity index is 514. The van der Waals surface area contributed by atoms with Crippen LogP contribution in [0.2, 0.25) is 0 Å². The number of nitrogens with zero attached hydrogens (tertiary/aromatic N) is 1. The molecule has 0 unspecified atom stereocenters. The average molecular weight is 268 g/mol. The summed E-state index contributed by atoms with van der Waals surface area (Å²) in [5.41, 5.74) is -0.536. The maximum Gasteiger partial charge on any atom is 0.338 e. The van der Waals surface area contributed by atoms with Gasteiger partial charge in [-0.3, -0.25) is 14.9 Å². The van der Waals surface area contributed by atoms with Crippen molar-refractivity contribution in [2.24, 2.45) is 0 Å². The number of carbonyl (C=O) groups excluding carboxylic acids is 2. The van der Waals surface area contributed by atoms with E-state index in [0.717, 1.165) is 19.2 Å². The Labute approximate surface area is 108 Å². The SMILES string of the molecule is COC(=O)c1cc(C(=O)NCCO)cc([N+](=O)[O-])c1. The molecule has 0 saturated heterocycles. The second-order valence-electron chi connectivity index (χ2n) is 3.50. The molecule has 0 radical (unpaired) electrons. The normalized spacial score (nSPS) is 9.79. The van der Waals surface area contributed by atoms with Crippen LogP contribution >= 0.6 is 0 Å². The highest BCUT2D eigenvalue weighted by Crippen LogP contribution is 2.18. The summed E-state index contributed by atoms with van der Waals surface area (Å²) in [6.07, 6.45) is 0. The van der Waals surface area contributed by atoms with Gasteiger partial charge in [-0.05, 0) is 6.07 Å². The molecule has 0 aromatic heterocycles. The molecule has 0 aliphatic carbocycles. The second kappa shape index (κ2) is 6.45. The van der Waals surface area contributed by atoms with E-state index in [1.54, 1.807) is 0 Å². The summed E-state index contributed by atoms with van der Waals surface area (Å²) in [5, 5.41) is 21.7. The van der Waals surface area contributed by atoms with Gasteiger partial charge in [-0.25, -0.2) is 4.79 Å². The van der Waals surface area contributed by atoms with E-state index in [1.165, 1.54) is 6.07 Å². The van der Waals surface area contributed by atoms with E-state index in [1.807, 2.05) is 0 Å². The lowest BCUT2D eigenvalue weighted by Gasteiger charge is -2.05. The summed E-state index contributed by atoms with van der Waals surface area (Å²) < 4.78 is 4.45. The van der Waals surface area contributed by atoms with Crippen molar-refractivity contribution in [3.05, 3.63) is 39.4 Å². The number of non-ortho nitro benzene ring substituents is 1. The zero-order chi connectivity index (χ0) is 14.4. The highest BCUT2D eigenvalue weighted by Gasteiger charge is 2.18. The Morgan fingerprint density at radius 2 is 2.00 bits per heavy atom. The lowest BCUT2D eigenvalue weighted by atomic mass is 10.1. The van der Waals surface area contributed by atoms with Crippen molar-refractivity contribution in [2.45, 2.75) is 0 Å². The molecule has 0 saturated carbocycles. The van der Waals surface area contributed by atoms with Gasteiger partial charge in [-0.1, -0.05) is 0 Å². The number of nitro groups is 1. The molecule has 0 fully saturated rings. The number of ether oxygens (including phenoxy) is 1. The van der Waals surface area contributed by atoms with Crippen molar-refractivity contribution in [2.75, 3.05) is 20.3 Å². The number of rotatable bonds is 5. The number of esters is 1. The monoisotopic (exact) mass is 268 g/mol. The fraction of sp³-hybridized carbons (Fsp3) is 0.273. The number of methoxy groups -OCH3 is 1. The molecule has 1 amide bonds. The number of amides is 1. The van der Waals surface area contributed by atoms with Gasteiger partial charge in [0.2, 0.25) is 0 Å². The minimum Gasteiger partial charge on any atom is -0.465 e. The van der Waals surface area contributed by atoms with Gasteiger partial charge in [0.25, 0.3) is 11.6 Å². The van der Waals surface area contributed by atoms with Crippen LogP contribution in [0.15, 0.2) is 18.2 Å². The first-order valence-electron chi connectivity index (χ1n) is 5.26. The van der Waals surface area contributed by atoms with Crippen molar-refractivity contribution < 1.29 is 24.4 Å². The number of aliphatic hydroxyl groups is 1. The number of nitrogens with one attached hydrogen (secondary N) is 1. The fourth-order valence-electron chi connectivity index (χ4n) is 1.35. The van der Waals surface area contributed by atoms with Crippen LogP contribution in [0.3, 0.4) is 0 Å². The van der Waals surface area contributed by atoms with Gasteiger partial charge < -0.3 is 15.2 Å². The number of benzene rings is 1. The molecule has 19 heavy (non-hydrogen) atoms. The summed E-state index contributed by atoms with van der Waals surface area (Å²) in [5.74, 6) is -1.40. The molecule has 0 atom stereocenters. The molecule has 0 aliphatic heterocycles. The van der Waals surface area contributed by atoms with Crippen LogP contribution in [-0.2, 0) is 4.74 Å². The van der Waals surface area contributed by atoms with Gasteiger partial charge in [0, 0.05) is 24.2 Å². The third kappa shape index (κ3) is 3.75. The number of hydrogen-bond donors (Lipinski definition) is 2. The van der Waals surface area contributed by atoms with Gasteiger partial charge in [0.15, 0.2) is 0 Å². The van der Waals surface area contributed by atoms with Crippen molar-refractivity contribution in [3.8, 4) is 0 Å². The van der Waals surface area contributed by atoms with Crippen LogP contribution in [-0.4, -0.2) is 42.2 Å². The van der Waals surface area contributed by atoms with Crippen LogP contribution in [0, 0.1) is 10.1 Å². The van der Waals surface area contributed by atoms with Crippen LogP contribution in [0.4, 0.5) is 5.69 Å². The number of hydrogen-bond acceptors (Lipinski definition) is 6. The van der Waals surface area contributed by atoms with Gasteiger partial charge in [0.1, 0.15) is 0 Å². The second-order valence-corrected chi connectivity index (χ2v) is 3.50. The smallest absolute Gasteiger partial charge is 0.338 e. The molecule has 0 aliphatic rings. The van der Waals surface area contributed by atoms with Crippen molar-refractivity contribution in [3.63, 3.8) is 0 Å². The van der Waals surface area contributed by atoms with Gasteiger partial charge in [-0.2, -0.15) is 0 Å². The summed E-state index contributed by atoms with van der Waals surface area (Å²) >= 11 is 0. The molecule has 0 spiro atoms. The molecule has 1 aromatic carbocycles. The Balaban J connectivity index is 3.16. The van der Waals surface area contributed by atoms with Gasteiger partial charge in [0.05, 0.1) is 24.2 Å². The highest BCUT2D eigenvalue weighted by molar-refractivity contribution is 5.98. The van der Waals surface area contributed by atoms with Crippen molar-refractivity contribution in [1.29, 1.82) is 0 Å². The lowest BCUT2D eigenvalue weighted by molar-refractivity contribution is -0.384. The molecule has 8 heteroatoms. The van der Waals surface area contributed by atoms with E-state index in [4.69, 9.17) is 5.11 Å². The predicted molar refractivity (Wildman–Crippen MR) is 63.9 cm³/mol. The molecule has 1 aromatic rings. The molecular formula is C11H12N2O6. The van der Waals surface area contributed by atoms with Crippen LogP contribution < -0.4 is 5.32 Å². The van der Waals surface area contributed by atoms with E-state index in [2.05, 4.69) is 10.1 Å². The number of carbonyl (C=O) groups is 2. The van der Waals surface area contributed by atoms with Crippen LogP contribution in [0.1, 0.15) is 20.7 Å². The number of aliphatic hydroxyl groups excluding tert-OH is 1. The molecule has 2 N–H and O–H groups in total. The van der Waals surface area contributed by atoms with E-state index in [9.17, 15) is 19.7 Å². The highest BCUT2D eigenvalue weighted by atomic mass is 16.6. The minimum atomic E-state index is -0.778. The Morgan fingerprint density at radius 1 is 1.37 bits per heavy atom. The zero-order valence-corrected chi connectivity index (χ0v) is 10.1. The predicted octanol–water partition coefficient (Wildman–Crippen LogP) is 0.103. The first-order valence-corrected chi connectivity index (χ1v) is 5.26. The Hall–Kier alpha value is -2.48. The quantitative estimate of drug-likeness (QED) is 0.444. The molecular weight excluding hydrogens is 256 g/mol. The third-order valence-electron chi connectivity index (χ3n) is 2.21. The molecule has 0 bridgehead atoms. The van der Waals surface area contributed by atoms with E-state index in [0.29, 0.717) is 0 Å². The van der Waals surface area contributed by atoms with Gasteiger partial charge >= 0.3 is 5.97 Å². The topological polar surface area (TPSA) is 119 Å².